The van der Waals surface area contributed by atoms with E-state index in [1.54, 1.807) is 0 Å². The fraction of sp³-hybridized carbons (Fsp3) is 0.440. The third-order valence-electron chi connectivity index (χ3n) is 6.01. The zero-order valence-corrected chi connectivity index (χ0v) is 23.0. The number of rotatable bonds is 9. The molecular formula is C25H28ClFN4O4S2. The molecule has 2 aromatic heterocycles. The van der Waals surface area contributed by atoms with Gasteiger partial charge >= 0.3 is 5.97 Å². The summed E-state index contributed by atoms with van der Waals surface area (Å²) in [6.45, 7) is 2.62. The van der Waals surface area contributed by atoms with Crippen LogP contribution in [0.5, 0.6) is 5.75 Å². The van der Waals surface area contributed by atoms with E-state index in [9.17, 15) is 14.0 Å². The van der Waals surface area contributed by atoms with Crippen LogP contribution in [0.15, 0.2) is 23.4 Å². The number of carbonyl (C=O) groups is 2. The molecule has 0 aliphatic heterocycles. The summed E-state index contributed by atoms with van der Waals surface area (Å²) < 4.78 is 25.9. The second-order valence-electron chi connectivity index (χ2n) is 8.46. The number of esters is 1. The highest BCUT2D eigenvalue weighted by atomic mass is 35.5. The highest BCUT2D eigenvalue weighted by Gasteiger charge is 2.26. The second-order valence-corrected chi connectivity index (χ2v) is 10.9. The van der Waals surface area contributed by atoms with Crippen molar-refractivity contribution >= 4 is 51.6 Å². The Labute approximate surface area is 227 Å². The van der Waals surface area contributed by atoms with E-state index in [0.29, 0.717) is 33.8 Å². The molecule has 0 saturated carbocycles. The van der Waals surface area contributed by atoms with Gasteiger partial charge in [0.05, 0.1) is 23.4 Å². The number of hydrogen-bond donors (Lipinski definition) is 1. The lowest BCUT2D eigenvalue weighted by Gasteiger charge is -2.11. The average molecular weight is 567 g/mol. The van der Waals surface area contributed by atoms with Gasteiger partial charge in [0.15, 0.2) is 11.0 Å². The Hall–Kier alpha value is -2.63. The highest BCUT2D eigenvalue weighted by Crippen LogP contribution is 2.37. The van der Waals surface area contributed by atoms with Crippen LogP contribution in [0.2, 0.25) is 5.02 Å². The van der Waals surface area contributed by atoms with E-state index < -0.39 is 11.8 Å². The van der Waals surface area contributed by atoms with Crippen LogP contribution in [0.4, 0.5) is 9.39 Å². The highest BCUT2D eigenvalue weighted by molar-refractivity contribution is 7.99. The first-order chi connectivity index (χ1) is 17.9. The van der Waals surface area contributed by atoms with Gasteiger partial charge in [-0.05, 0) is 50.3 Å². The summed E-state index contributed by atoms with van der Waals surface area (Å²) in [6, 6.07) is 4.13. The summed E-state index contributed by atoms with van der Waals surface area (Å²) in [7, 11) is 1.36. The number of anilines is 1. The number of aromatic nitrogens is 3. The van der Waals surface area contributed by atoms with Gasteiger partial charge in [-0.1, -0.05) is 36.2 Å². The number of benzene rings is 1. The molecule has 1 aliphatic rings. The van der Waals surface area contributed by atoms with Gasteiger partial charge in [-0.3, -0.25) is 4.79 Å². The zero-order valence-electron chi connectivity index (χ0n) is 20.6. The number of nitrogens with zero attached hydrogens (tertiary/aromatic N) is 3. The predicted octanol–water partition coefficient (Wildman–Crippen LogP) is 5.91. The largest absolute Gasteiger partial charge is 0.486 e. The number of methoxy groups -OCH3 is 1. The summed E-state index contributed by atoms with van der Waals surface area (Å²) >= 11 is 8.53. The first kappa shape index (κ1) is 27.4. The minimum absolute atomic E-state index is 0.0234. The van der Waals surface area contributed by atoms with E-state index in [-0.39, 0.29) is 23.3 Å². The molecule has 0 atom stereocenters. The van der Waals surface area contributed by atoms with Crippen molar-refractivity contribution < 1.29 is 23.5 Å². The summed E-state index contributed by atoms with van der Waals surface area (Å²) in [4.78, 5) is 26.6. The molecule has 1 N–H and O–H groups in total. The Morgan fingerprint density at radius 1 is 1.22 bits per heavy atom. The number of halogens is 2. The van der Waals surface area contributed by atoms with Crippen LogP contribution in [-0.4, -0.2) is 39.5 Å². The van der Waals surface area contributed by atoms with Gasteiger partial charge < -0.3 is 19.4 Å². The molecule has 0 radical (unpaired) electrons. The van der Waals surface area contributed by atoms with E-state index in [1.807, 2.05) is 11.5 Å². The van der Waals surface area contributed by atoms with Gasteiger partial charge in [0.1, 0.15) is 23.2 Å². The molecule has 12 heteroatoms. The topological polar surface area (TPSA) is 95.3 Å². The Kier molecular flexibility index (Phi) is 9.44. The molecule has 1 amide bonds. The summed E-state index contributed by atoms with van der Waals surface area (Å²) in [5.74, 6) is -0.104. The van der Waals surface area contributed by atoms with Crippen LogP contribution < -0.4 is 10.1 Å². The second kappa shape index (κ2) is 12.7. The molecule has 1 aliphatic carbocycles. The molecule has 1 aromatic carbocycles. The van der Waals surface area contributed by atoms with E-state index >= 15 is 0 Å². The molecule has 8 nitrogen and oxygen atoms in total. The molecule has 0 bridgehead atoms. The minimum Gasteiger partial charge on any atom is -0.486 e. The van der Waals surface area contributed by atoms with Crippen molar-refractivity contribution in [3.05, 3.63) is 50.9 Å². The van der Waals surface area contributed by atoms with Crippen LogP contribution >= 0.6 is 34.7 Å². The molecule has 3 aromatic rings. The Morgan fingerprint density at radius 3 is 2.73 bits per heavy atom. The monoisotopic (exact) mass is 566 g/mol. The third-order valence-corrected chi connectivity index (χ3v) is 8.48. The van der Waals surface area contributed by atoms with E-state index in [2.05, 4.69) is 15.5 Å². The average Bonchev–Trinajstić information content (AvgIpc) is 3.42. The van der Waals surface area contributed by atoms with Crippen molar-refractivity contribution in [1.82, 2.24) is 14.8 Å². The van der Waals surface area contributed by atoms with Crippen molar-refractivity contribution in [2.45, 2.75) is 63.8 Å². The van der Waals surface area contributed by atoms with Crippen LogP contribution in [0, 0.1) is 5.82 Å². The smallest absolute Gasteiger partial charge is 0.341 e. The third kappa shape index (κ3) is 6.63. The molecule has 198 valence electrons. The molecule has 4 rings (SSSR count). The number of fused-ring (bicyclic) bond motifs is 1. The van der Waals surface area contributed by atoms with Crippen LogP contribution in [0.1, 0.15) is 59.2 Å². The van der Waals surface area contributed by atoms with Gasteiger partial charge in [0, 0.05) is 17.5 Å². The van der Waals surface area contributed by atoms with Gasteiger partial charge in [-0.15, -0.1) is 21.5 Å². The van der Waals surface area contributed by atoms with Crippen LogP contribution in [-0.2, 0) is 35.5 Å². The molecule has 2 heterocycles. The number of nitrogens with one attached hydrogen (secondary N) is 1. The molecule has 0 saturated heterocycles. The Bertz CT molecular complexity index is 1280. The first-order valence-corrected chi connectivity index (χ1v) is 14.2. The Balaban J connectivity index is 1.41. The fourth-order valence-electron chi connectivity index (χ4n) is 4.18. The number of aryl methyl sites for hydroxylation is 1. The number of ether oxygens (including phenoxy) is 2. The number of thiophene rings is 1. The number of hydrogen-bond acceptors (Lipinski definition) is 8. The van der Waals surface area contributed by atoms with Gasteiger partial charge in [0.25, 0.3) is 0 Å². The SMILES string of the molecule is CCn1c(COc2ccc(F)c(Cl)c2)nnc1SCC(=O)Nc1sc2c(c1C(=O)OC)CCCCCC2. The van der Waals surface area contributed by atoms with Gasteiger partial charge in [-0.2, -0.15) is 0 Å². The normalized spacial score (nSPS) is 13.4. The van der Waals surface area contributed by atoms with Crippen molar-refractivity contribution in [3.63, 3.8) is 0 Å². The quantitative estimate of drug-likeness (QED) is 0.254. The van der Waals surface area contributed by atoms with Gasteiger partial charge in [-0.25, -0.2) is 9.18 Å². The van der Waals surface area contributed by atoms with Crippen LogP contribution in [0.3, 0.4) is 0 Å². The van der Waals surface area contributed by atoms with Crippen molar-refractivity contribution in [1.29, 1.82) is 0 Å². The first-order valence-electron chi connectivity index (χ1n) is 12.1. The van der Waals surface area contributed by atoms with Crippen LogP contribution in [0.25, 0.3) is 0 Å². The molecule has 37 heavy (non-hydrogen) atoms. The van der Waals surface area contributed by atoms with E-state index in [0.717, 1.165) is 42.5 Å². The molecule has 0 unspecified atom stereocenters. The molecular weight excluding hydrogens is 539 g/mol. The molecule has 0 spiro atoms. The summed E-state index contributed by atoms with van der Waals surface area (Å²) in [5.41, 5.74) is 1.50. The lowest BCUT2D eigenvalue weighted by atomic mass is 9.96. The fourth-order valence-corrected chi connectivity index (χ4v) is 6.47. The lowest BCUT2D eigenvalue weighted by molar-refractivity contribution is -0.113. The molecule has 0 fully saturated rings. The van der Waals surface area contributed by atoms with Gasteiger partial charge in [0.2, 0.25) is 5.91 Å². The van der Waals surface area contributed by atoms with Crippen molar-refractivity contribution in [2.24, 2.45) is 0 Å². The van der Waals surface area contributed by atoms with Crippen molar-refractivity contribution in [2.75, 3.05) is 18.2 Å². The minimum atomic E-state index is -0.518. The maximum atomic E-state index is 13.4. The maximum Gasteiger partial charge on any atom is 0.341 e. The van der Waals surface area contributed by atoms with Crippen molar-refractivity contribution in [3.8, 4) is 5.75 Å². The van der Waals surface area contributed by atoms with E-state index in [4.69, 9.17) is 21.1 Å². The van der Waals surface area contributed by atoms with E-state index in [1.165, 1.54) is 54.8 Å². The summed E-state index contributed by atoms with van der Waals surface area (Å²) in [5, 5.41) is 12.4. The standard InChI is InChI=1S/C25H28ClFN4O4S2/c1-3-31-20(13-35-15-10-11-18(27)17(26)12-15)29-30-25(31)36-14-21(32)28-23-22(24(33)34-2)16-8-6-4-5-7-9-19(16)37-23/h10-12H,3-9,13-14H2,1-2H3,(H,28,32). The Morgan fingerprint density at radius 2 is 2.00 bits per heavy atom. The lowest BCUT2D eigenvalue weighted by Crippen LogP contribution is -2.17. The maximum absolute atomic E-state index is 13.4. The predicted molar refractivity (Wildman–Crippen MR) is 142 cm³/mol. The summed E-state index contributed by atoms with van der Waals surface area (Å²) in [6.07, 6.45) is 6.12. The number of amides is 1. The number of carbonyl (C=O) groups excluding carboxylic acids is 2. The zero-order chi connectivity index (χ0) is 26.4. The number of thioether (sulfide) groups is 1.